The third-order valence-electron chi connectivity index (χ3n) is 1.73. The summed E-state index contributed by atoms with van der Waals surface area (Å²) < 4.78 is 0. The normalized spacial score (nSPS) is 18.5. The van der Waals surface area contributed by atoms with Crippen molar-refractivity contribution in [2.75, 3.05) is 6.54 Å². The molecular weight excluding hydrogens is 142 g/mol. The minimum atomic E-state index is -0.831. The molecule has 0 heterocycles. The van der Waals surface area contributed by atoms with E-state index in [0.29, 0.717) is 18.2 Å². The third kappa shape index (κ3) is 3.18. The quantitative estimate of drug-likeness (QED) is 0.589. The van der Waals surface area contributed by atoms with Gasteiger partial charge in [0, 0.05) is 18.2 Å². The molecule has 0 saturated heterocycles. The maximum atomic E-state index is 10.3. The van der Waals surface area contributed by atoms with Gasteiger partial charge in [-0.2, -0.15) is 0 Å². The fourth-order valence-corrected chi connectivity index (χ4v) is 0.753. The van der Waals surface area contributed by atoms with E-state index in [4.69, 9.17) is 5.11 Å². The molecule has 2 N–H and O–H groups in total. The maximum absolute atomic E-state index is 10.3. The van der Waals surface area contributed by atoms with Crippen LogP contribution in [0.3, 0.4) is 0 Å². The van der Waals surface area contributed by atoms with Gasteiger partial charge < -0.3 is 10.4 Å². The minimum absolute atomic E-state index is 0.415. The first-order chi connectivity index (χ1) is 5.20. The average molecular weight is 155 g/mol. The molecule has 11 heavy (non-hydrogen) atoms. The van der Waals surface area contributed by atoms with Gasteiger partial charge in [-0.1, -0.05) is 6.08 Å². The highest BCUT2D eigenvalue weighted by Gasteiger charge is 2.19. The SMILES string of the molecule is C/C(=C\CNC1CC1)C(=O)O. The molecule has 0 radical (unpaired) electrons. The molecule has 1 rings (SSSR count). The molecule has 62 valence electrons. The molecule has 0 bridgehead atoms. The number of rotatable bonds is 4. The van der Waals surface area contributed by atoms with Crippen LogP contribution in [0.1, 0.15) is 19.8 Å². The Hall–Kier alpha value is -0.830. The average Bonchev–Trinajstić information content (AvgIpc) is 2.71. The van der Waals surface area contributed by atoms with Gasteiger partial charge in [0.25, 0.3) is 0 Å². The molecule has 1 saturated carbocycles. The monoisotopic (exact) mass is 155 g/mol. The summed E-state index contributed by atoms with van der Waals surface area (Å²) in [6, 6.07) is 0.646. The summed E-state index contributed by atoms with van der Waals surface area (Å²) in [7, 11) is 0. The summed E-state index contributed by atoms with van der Waals surface area (Å²) in [6.07, 6.45) is 4.18. The van der Waals surface area contributed by atoms with E-state index in [1.165, 1.54) is 12.8 Å². The second-order valence-electron chi connectivity index (χ2n) is 2.87. The van der Waals surface area contributed by atoms with Gasteiger partial charge in [0.05, 0.1) is 0 Å². The van der Waals surface area contributed by atoms with Crippen molar-refractivity contribution in [3.05, 3.63) is 11.6 Å². The van der Waals surface area contributed by atoms with Gasteiger partial charge in [-0.05, 0) is 19.8 Å². The Morgan fingerprint density at radius 3 is 2.82 bits per heavy atom. The summed E-state index contributed by atoms with van der Waals surface area (Å²) in [5, 5.41) is 11.7. The van der Waals surface area contributed by atoms with Crippen molar-refractivity contribution in [1.82, 2.24) is 5.32 Å². The zero-order valence-electron chi connectivity index (χ0n) is 6.63. The maximum Gasteiger partial charge on any atom is 0.330 e. The Labute approximate surface area is 66.1 Å². The van der Waals surface area contributed by atoms with E-state index in [1.54, 1.807) is 13.0 Å². The van der Waals surface area contributed by atoms with E-state index in [0.717, 1.165) is 0 Å². The number of carboxylic acids is 1. The van der Waals surface area contributed by atoms with Crippen LogP contribution in [0.5, 0.6) is 0 Å². The van der Waals surface area contributed by atoms with Gasteiger partial charge in [0.15, 0.2) is 0 Å². The summed E-state index contributed by atoms with van der Waals surface area (Å²) in [5.41, 5.74) is 0.415. The molecule has 3 nitrogen and oxygen atoms in total. The molecule has 1 fully saturated rings. The van der Waals surface area contributed by atoms with Gasteiger partial charge >= 0.3 is 5.97 Å². The van der Waals surface area contributed by atoms with E-state index in [2.05, 4.69) is 5.32 Å². The summed E-state index contributed by atoms with van der Waals surface area (Å²) >= 11 is 0. The highest BCUT2D eigenvalue weighted by atomic mass is 16.4. The van der Waals surface area contributed by atoms with Crippen molar-refractivity contribution in [1.29, 1.82) is 0 Å². The predicted octanol–water partition coefficient (Wildman–Crippen LogP) is 0.769. The predicted molar refractivity (Wildman–Crippen MR) is 42.4 cm³/mol. The topological polar surface area (TPSA) is 49.3 Å². The van der Waals surface area contributed by atoms with Gasteiger partial charge in [0.2, 0.25) is 0 Å². The smallest absolute Gasteiger partial charge is 0.330 e. The Morgan fingerprint density at radius 1 is 1.73 bits per heavy atom. The Morgan fingerprint density at radius 2 is 2.36 bits per heavy atom. The lowest BCUT2D eigenvalue weighted by atomic mass is 10.3. The van der Waals surface area contributed by atoms with E-state index >= 15 is 0 Å². The Kier molecular flexibility index (Phi) is 2.65. The standard InChI is InChI=1S/C8H13NO2/c1-6(8(10)11)4-5-9-7-2-3-7/h4,7,9H,2-3,5H2,1H3,(H,10,11)/b6-4+. The van der Waals surface area contributed by atoms with Crippen molar-refractivity contribution in [2.24, 2.45) is 0 Å². The number of hydrogen-bond donors (Lipinski definition) is 2. The highest BCUT2D eigenvalue weighted by Crippen LogP contribution is 2.18. The van der Waals surface area contributed by atoms with Crippen molar-refractivity contribution < 1.29 is 9.90 Å². The molecule has 1 aliphatic rings. The summed E-state index contributed by atoms with van der Waals surface area (Å²) in [6.45, 7) is 2.29. The number of carboxylic acid groups (broad SMARTS) is 1. The number of nitrogens with one attached hydrogen (secondary N) is 1. The summed E-state index contributed by atoms with van der Waals surface area (Å²) in [4.78, 5) is 10.3. The Bertz CT molecular complexity index is 183. The van der Waals surface area contributed by atoms with E-state index in [-0.39, 0.29) is 0 Å². The van der Waals surface area contributed by atoms with Gasteiger partial charge in [-0.3, -0.25) is 0 Å². The highest BCUT2D eigenvalue weighted by molar-refractivity contribution is 5.85. The second-order valence-corrected chi connectivity index (χ2v) is 2.87. The Balaban J connectivity index is 2.15. The van der Waals surface area contributed by atoms with Crippen LogP contribution >= 0.6 is 0 Å². The van der Waals surface area contributed by atoms with Gasteiger partial charge in [0.1, 0.15) is 0 Å². The zero-order valence-corrected chi connectivity index (χ0v) is 6.63. The lowest BCUT2D eigenvalue weighted by Gasteiger charge is -1.96. The van der Waals surface area contributed by atoms with Crippen molar-refractivity contribution >= 4 is 5.97 Å². The molecule has 0 aromatic heterocycles. The molecule has 0 aliphatic heterocycles. The molecule has 0 amide bonds. The zero-order chi connectivity index (χ0) is 8.27. The molecule has 0 aromatic carbocycles. The van der Waals surface area contributed by atoms with Crippen molar-refractivity contribution in [3.63, 3.8) is 0 Å². The van der Waals surface area contributed by atoms with E-state index in [9.17, 15) is 4.79 Å². The minimum Gasteiger partial charge on any atom is -0.478 e. The van der Waals surface area contributed by atoms with Crippen LogP contribution in [0.2, 0.25) is 0 Å². The summed E-state index contributed by atoms with van der Waals surface area (Å²) in [5.74, 6) is -0.831. The molecule has 0 atom stereocenters. The largest absolute Gasteiger partial charge is 0.478 e. The van der Waals surface area contributed by atoms with E-state index in [1.807, 2.05) is 0 Å². The fourth-order valence-electron chi connectivity index (χ4n) is 0.753. The van der Waals surface area contributed by atoms with Crippen molar-refractivity contribution in [2.45, 2.75) is 25.8 Å². The van der Waals surface area contributed by atoms with Crippen LogP contribution < -0.4 is 5.32 Å². The molecular formula is C8H13NO2. The van der Waals surface area contributed by atoms with Crippen LogP contribution in [0.15, 0.2) is 11.6 Å². The van der Waals surface area contributed by atoms with E-state index < -0.39 is 5.97 Å². The van der Waals surface area contributed by atoms with Gasteiger partial charge in [-0.25, -0.2) is 4.79 Å². The first kappa shape index (κ1) is 8.27. The van der Waals surface area contributed by atoms with Crippen LogP contribution in [-0.4, -0.2) is 23.7 Å². The lowest BCUT2D eigenvalue weighted by molar-refractivity contribution is -0.132. The first-order valence-corrected chi connectivity index (χ1v) is 3.83. The molecule has 1 aliphatic carbocycles. The number of aliphatic carboxylic acids is 1. The molecule has 3 heteroatoms. The first-order valence-electron chi connectivity index (χ1n) is 3.83. The molecule has 0 unspecified atom stereocenters. The van der Waals surface area contributed by atoms with Crippen LogP contribution in [0.25, 0.3) is 0 Å². The van der Waals surface area contributed by atoms with Crippen LogP contribution in [-0.2, 0) is 4.79 Å². The number of hydrogen-bond acceptors (Lipinski definition) is 2. The van der Waals surface area contributed by atoms with Crippen LogP contribution in [0.4, 0.5) is 0 Å². The van der Waals surface area contributed by atoms with Crippen LogP contribution in [0, 0.1) is 0 Å². The second kappa shape index (κ2) is 3.53. The fraction of sp³-hybridized carbons (Fsp3) is 0.625. The van der Waals surface area contributed by atoms with Crippen molar-refractivity contribution in [3.8, 4) is 0 Å². The third-order valence-corrected chi connectivity index (χ3v) is 1.73. The van der Waals surface area contributed by atoms with Gasteiger partial charge in [-0.15, -0.1) is 0 Å². The molecule has 0 aromatic rings. The lowest BCUT2D eigenvalue weighted by Crippen LogP contribution is -2.16. The number of carbonyl (C=O) groups is 1. The molecule has 0 spiro atoms.